The molecule has 0 bridgehead atoms. The second kappa shape index (κ2) is 21.0. The number of aromatic nitrogens is 1. The van der Waals surface area contributed by atoms with Crippen molar-refractivity contribution in [3.05, 3.63) is 202 Å². The van der Waals surface area contributed by atoms with Gasteiger partial charge in [-0.2, -0.15) is 145 Å². The average molecular weight is 1160 g/mol. The fourth-order valence-corrected chi connectivity index (χ4v) is 8.57. The van der Waals surface area contributed by atoms with Gasteiger partial charge >= 0.3 is 55.5 Å². The second-order valence-electron chi connectivity index (χ2n) is 17.2. The lowest BCUT2D eigenvalue weighted by atomic mass is 9.12. The van der Waals surface area contributed by atoms with Crippen molar-refractivity contribution in [2.75, 3.05) is 0 Å². The van der Waals surface area contributed by atoms with Crippen molar-refractivity contribution in [2.45, 2.75) is 56.0 Å². The lowest BCUT2D eigenvalue weighted by molar-refractivity contribution is -0.689. The highest BCUT2D eigenvalue weighted by atomic mass is 19.4. The van der Waals surface area contributed by atoms with Crippen molar-refractivity contribution in [3.8, 4) is 0 Å². The molecule has 29 heteroatoms. The Balaban J connectivity index is 0.000000378. The highest BCUT2D eigenvalue weighted by Gasteiger charge is 2.47. The van der Waals surface area contributed by atoms with Crippen LogP contribution in [-0.4, -0.2) is 6.15 Å². The standard InChI is InChI=1S/C32H12BF24.C18H13F3N/c34-25(35,36)13-1-14(26(37,38)39)6-21(5-13)33(22-7-15(27(40,41)42)2-16(8-22)28(43,44)45,23-9-17(29(46,47)48)3-18(10-23)30(49,50)51)24-11-19(31(52,53)54)4-20(12-24)32(55,56)57;19-16(18(20)21)17-15-9-5-4-8-14(15)10-11-22(17)12-13-6-2-1-3-7-13/h1-12H;1-11H,12H2/q-1;+1. The van der Waals surface area contributed by atoms with Crippen molar-refractivity contribution < 1.29 is 123 Å². The van der Waals surface area contributed by atoms with E-state index >= 15 is 0 Å². The van der Waals surface area contributed by atoms with E-state index in [1.165, 1.54) is 4.57 Å². The molecule has 0 saturated heterocycles. The molecule has 7 rings (SSSR count). The van der Waals surface area contributed by atoms with Crippen LogP contribution in [0.5, 0.6) is 0 Å². The van der Waals surface area contributed by atoms with Crippen LogP contribution in [0.1, 0.15) is 55.8 Å². The van der Waals surface area contributed by atoms with E-state index in [1.54, 1.807) is 36.5 Å². The highest BCUT2D eigenvalue weighted by molar-refractivity contribution is 7.20. The van der Waals surface area contributed by atoms with E-state index in [-0.39, 0.29) is 5.69 Å². The summed E-state index contributed by atoms with van der Waals surface area (Å²) in [7, 11) is 0. The van der Waals surface area contributed by atoms with Gasteiger partial charge in [0, 0.05) is 11.6 Å². The number of rotatable bonds is 7. The quantitative estimate of drug-likeness (QED) is 0.0851. The van der Waals surface area contributed by atoms with E-state index < -0.39 is 207 Å². The summed E-state index contributed by atoms with van der Waals surface area (Å²) in [6.45, 7) is 0.321. The van der Waals surface area contributed by atoms with Crippen LogP contribution in [-0.2, 0) is 56.0 Å². The van der Waals surface area contributed by atoms with Crippen LogP contribution in [0.25, 0.3) is 16.6 Å². The zero-order valence-corrected chi connectivity index (χ0v) is 38.2. The topological polar surface area (TPSA) is 3.88 Å². The predicted octanol–water partition coefficient (Wildman–Crippen LogP) is 15.9. The molecule has 0 aliphatic rings. The van der Waals surface area contributed by atoms with Gasteiger partial charge in [-0.25, -0.2) is 0 Å². The normalized spacial score (nSPS) is 13.3. The van der Waals surface area contributed by atoms with E-state index in [0.29, 0.717) is 11.9 Å². The maximum Gasteiger partial charge on any atom is 0.416 e. The predicted molar refractivity (Wildman–Crippen MR) is 230 cm³/mol. The van der Waals surface area contributed by atoms with Gasteiger partial charge in [0.1, 0.15) is 6.15 Å². The number of halogens is 27. The Labute approximate surface area is 424 Å². The Hall–Kier alpha value is -7.36. The molecule has 0 amide bonds. The van der Waals surface area contributed by atoms with Gasteiger partial charge in [-0.1, -0.05) is 97.1 Å². The summed E-state index contributed by atoms with van der Waals surface area (Å²) in [4.78, 5) is 0. The molecule has 0 spiro atoms. The largest absolute Gasteiger partial charge is 0.416 e. The molecule has 0 aliphatic heterocycles. The van der Waals surface area contributed by atoms with Crippen LogP contribution < -0.4 is 26.4 Å². The van der Waals surface area contributed by atoms with Crippen LogP contribution in [0.4, 0.5) is 119 Å². The minimum Gasteiger partial charge on any atom is -0.194 e. The van der Waals surface area contributed by atoms with Gasteiger partial charge in [0.2, 0.25) is 0 Å². The van der Waals surface area contributed by atoms with Gasteiger partial charge in [-0.05, 0) is 35.7 Å². The SMILES string of the molecule is FC(F)(F)c1cc([B-](c2cc(C(F)(F)F)cc(C(F)(F)F)c2)(c2cc(C(F)(F)F)cc(C(F)(F)F)c2)c2cc(C(F)(F)F)cc(C(F)(F)F)c2)cc(C(F)(F)F)c1.FC(F)=C(F)c1c2ccccc2cc[n+]1Cc1ccccc1. The summed E-state index contributed by atoms with van der Waals surface area (Å²) in [6.07, 6.45) is -55.5. The fraction of sp³-hybridized carbons (Fsp3) is 0.180. The lowest BCUT2D eigenvalue weighted by Gasteiger charge is -2.46. The number of hydrogen-bond acceptors (Lipinski definition) is 0. The Morgan fingerprint density at radius 2 is 0.595 bits per heavy atom. The molecule has 0 radical (unpaired) electrons. The first kappa shape index (κ1) is 60.9. The number of hydrogen-bond donors (Lipinski definition) is 0. The molecule has 0 atom stereocenters. The van der Waals surface area contributed by atoms with Crippen LogP contribution in [0.3, 0.4) is 0 Å². The number of benzene rings is 6. The molecule has 79 heavy (non-hydrogen) atoms. The third-order valence-corrected chi connectivity index (χ3v) is 11.9. The van der Waals surface area contributed by atoms with Gasteiger partial charge in [-0.15, -0.1) is 0 Å². The maximum atomic E-state index is 14.2. The molecule has 1 nitrogen and oxygen atoms in total. The molecular weight excluding hydrogens is 1140 g/mol. The molecule has 7 aromatic rings. The summed E-state index contributed by atoms with van der Waals surface area (Å²) >= 11 is 0. The Bertz CT molecular complexity index is 2950. The third kappa shape index (κ3) is 13.6. The molecule has 6 aromatic carbocycles. The zero-order chi connectivity index (χ0) is 59.4. The summed E-state index contributed by atoms with van der Waals surface area (Å²) in [5.41, 5.74) is -29.4. The monoisotopic (exact) mass is 1160 g/mol. The molecule has 0 unspecified atom stereocenters. The van der Waals surface area contributed by atoms with Crippen molar-refractivity contribution in [1.29, 1.82) is 0 Å². The van der Waals surface area contributed by atoms with Gasteiger partial charge in [0.15, 0.2) is 12.7 Å². The van der Waals surface area contributed by atoms with Crippen LogP contribution in [0.2, 0.25) is 0 Å². The number of fused-ring (bicyclic) bond motifs is 1. The molecule has 0 aliphatic carbocycles. The van der Waals surface area contributed by atoms with Crippen LogP contribution >= 0.6 is 0 Å². The third-order valence-electron chi connectivity index (χ3n) is 11.9. The van der Waals surface area contributed by atoms with Crippen LogP contribution in [0, 0.1) is 0 Å². The number of pyridine rings is 1. The first-order valence-electron chi connectivity index (χ1n) is 21.4. The van der Waals surface area contributed by atoms with E-state index in [0.717, 1.165) is 10.9 Å². The van der Waals surface area contributed by atoms with E-state index in [4.69, 9.17) is 0 Å². The highest BCUT2D eigenvalue weighted by Crippen LogP contribution is 2.42. The van der Waals surface area contributed by atoms with Gasteiger partial charge in [-0.3, -0.25) is 0 Å². The van der Waals surface area contributed by atoms with Gasteiger partial charge < -0.3 is 0 Å². The Kier molecular flexibility index (Phi) is 16.2. The minimum atomic E-state index is -6.13. The summed E-state index contributed by atoms with van der Waals surface area (Å²) in [6, 6.07) is 9.25. The van der Waals surface area contributed by atoms with E-state index in [1.807, 2.05) is 30.3 Å². The van der Waals surface area contributed by atoms with Crippen molar-refractivity contribution in [1.82, 2.24) is 0 Å². The summed E-state index contributed by atoms with van der Waals surface area (Å²) in [5, 5.41) is 1.18. The fourth-order valence-electron chi connectivity index (χ4n) is 8.57. The Morgan fingerprint density at radius 1 is 0.329 bits per heavy atom. The minimum absolute atomic E-state index is 0.0954. The molecule has 0 N–H and O–H groups in total. The second-order valence-corrected chi connectivity index (χ2v) is 17.2. The first-order chi connectivity index (χ1) is 35.9. The van der Waals surface area contributed by atoms with Gasteiger partial charge in [0.05, 0.1) is 49.9 Å². The smallest absolute Gasteiger partial charge is 0.194 e. The summed E-state index contributed by atoms with van der Waals surface area (Å²) in [5.74, 6) is -1.48. The number of nitrogens with zero attached hydrogens (tertiary/aromatic N) is 1. The van der Waals surface area contributed by atoms with Crippen molar-refractivity contribution in [3.63, 3.8) is 0 Å². The Morgan fingerprint density at radius 3 is 0.861 bits per heavy atom. The molecule has 1 aromatic heterocycles. The molecular formula is C50H25BF27N. The lowest BCUT2D eigenvalue weighted by Crippen LogP contribution is -2.75. The van der Waals surface area contributed by atoms with E-state index in [9.17, 15) is 119 Å². The van der Waals surface area contributed by atoms with E-state index in [2.05, 4.69) is 0 Å². The number of alkyl halides is 24. The van der Waals surface area contributed by atoms with Crippen molar-refractivity contribution >= 4 is 44.6 Å². The van der Waals surface area contributed by atoms with Crippen molar-refractivity contribution in [2.24, 2.45) is 0 Å². The molecule has 0 fully saturated rings. The molecule has 0 saturated carbocycles. The van der Waals surface area contributed by atoms with Crippen LogP contribution in [0.15, 0.2) is 146 Å². The zero-order valence-electron chi connectivity index (χ0n) is 38.2. The average Bonchev–Trinajstić information content (AvgIpc) is 3.53. The summed E-state index contributed by atoms with van der Waals surface area (Å²) < 4.78 is 382. The first-order valence-corrected chi connectivity index (χ1v) is 21.4. The molecule has 1 heterocycles. The maximum absolute atomic E-state index is 14.2. The van der Waals surface area contributed by atoms with Gasteiger partial charge in [0.25, 0.3) is 11.5 Å². The molecule has 422 valence electrons.